The molecule has 0 bridgehead atoms. The van der Waals surface area contributed by atoms with Gasteiger partial charge in [0, 0.05) is 26.3 Å². The van der Waals surface area contributed by atoms with E-state index in [-0.39, 0.29) is 29.9 Å². The standard InChI is InChI=1S/C10H19N5O3S.ClH/c1-3-11-4-5-12-9(16)6-14-19(17,18)10-7-15(2)8-13-10;/h7-8,11,14H,3-6H2,1-2H3,(H,12,16);1H. The van der Waals surface area contributed by atoms with Crippen molar-refractivity contribution in [2.75, 3.05) is 26.2 Å². The van der Waals surface area contributed by atoms with Gasteiger partial charge in [0.05, 0.1) is 12.9 Å². The summed E-state index contributed by atoms with van der Waals surface area (Å²) in [6.07, 6.45) is 2.75. The molecule has 0 aromatic carbocycles. The molecule has 0 unspecified atom stereocenters. The predicted molar refractivity (Wildman–Crippen MR) is 77.2 cm³/mol. The zero-order chi connectivity index (χ0) is 14.3. The van der Waals surface area contributed by atoms with Crippen molar-refractivity contribution in [1.29, 1.82) is 0 Å². The van der Waals surface area contributed by atoms with E-state index in [1.54, 1.807) is 7.05 Å². The summed E-state index contributed by atoms with van der Waals surface area (Å²) in [7, 11) is -2.06. The first-order valence-electron chi connectivity index (χ1n) is 5.90. The number of carbonyl (C=O) groups is 1. The maximum atomic E-state index is 11.7. The molecule has 8 nitrogen and oxygen atoms in total. The summed E-state index contributed by atoms with van der Waals surface area (Å²) in [5, 5.41) is 5.53. The van der Waals surface area contributed by atoms with Crippen LogP contribution in [0.3, 0.4) is 0 Å². The van der Waals surface area contributed by atoms with E-state index in [9.17, 15) is 13.2 Å². The average molecular weight is 326 g/mol. The molecule has 10 heteroatoms. The molecule has 3 N–H and O–H groups in total. The van der Waals surface area contributed by atoms with Gasteiger partial charge in [0.15, 0.2) is 5.03 Å². The molecule has 0 atom stereocenters. The molecule has 1 rings (SSSR count). The molecule has 0 fully saturated rings. The van der Waals surface area contributed by atoms with E-state index in [0.717, 1.165) is 6.54 Å². The Labute approximate surface area is 124 Å². The van der Waals surface area contributed by atoms with Gasteiger partial charge < -0.3 is 15.2 Å². The van der Waals surface area contributed by atoms with Crippen molar-refractivity contribution in [2.45, 2.75) is 11.9 Å². The van der Waals surface area contributed by atoms with Crippen LogP contribution in [0, 0.1) is 0 Å². The van der Waals surface area contributed by atoms with Gasteiger partial charge in [-0.05, 0) is 6.54 Å². The molecule has 0 aliphatic heterocycles. The lowest BCUT2D eigenvalue weighted by Crippen LogP contribution is -2.39. The molecule has 116 valence electrons. The first kappa shape index (κ1) is 18.8. The number of aromatic nitrogens is 2. The summed E-state index contributed by atoms with van der Waals surface area (Å²) in [6.45, 7) is 3.59. The highest BCUT2D eigenvalue weighted by Crippen LogP contribution is 2.02. The van der Waals surface area contributed by atoms with Crippen molar-refractivity contribution in [3.63, 3.8) is 0 Å². The highest BCUT2D eigenvalue weighted by atomic mass is 35.5. The van der Waals surface area contributed by atoms with E-state index in [1.165, 1.54) is 17.1 Å². The molecule has 0 aliphatic carbocycles. The van der Waals surface area contributed by atoms with Crippen molar-refractivity contribution in [2.24, 2.45) is 7.05 Å². The minimum absolute atomic E-state index is 0. The van der Waals surface area contributed by atoms with Crippen molar-refractivity contribution in [3.8, 4) is 0 Å². The second-order valence-electron chi connectivity index (χ2n) is 3.91. The van der Waals surface area contributed by atoms with Gasteiger partial charge in [0.25, 0.3) is 10.0 Å². The Bertz CT molecular complexity index is 517. The number of hydrogen-bond donors (Lipinski definition) is 3. The second kappa shape index (κ2) is 8.90. The maximum Gasteiger partial charge on any atom is 0.260 e. The largest absolute Gasteiger partial charge is 0.354 e. The molecule has 0 aliphatic rings. The first-order chi connectivity index (χ1) is 8.95. The molecule has 1 heterocycles. The first-order valence-corrected chi connectivity index (χ1v) is 7.39. The summed E-state index contributed by atoms with van der Waals surface area (Å²) in [5.74, 6) is -0.377. The van der Waals surface area contributed by atoms with Crippen LogP contribution in [0.25, 0.3) is 0 Å². The van der Waals surface area contributed by atoms with Crippen LogP contribution in [0.4, 0.5) is 0 Å². The van der Waals surface area contributed by atoms with Crippen LogP contribution in [-0.2, 0) is 21.9 Å². The van der Waals surface area contributed by atoms with Gasteiger partial charge >= 0.3 is 0 Å². The van der Waals surface area contributed by atoms with Crippen LogP contribution in [0.2, 0.25) is 0 Å². The number of carbonyl (C=O) groups excluding carboxylic acids is 1. The van der Waals surface area contributed by atoms with Gasteiger partial charge in [-0.1, -0.05) is 6.92 Å². The molecule has 1 aromatic rings. The van der Waals surface area contributed by atoms with Gasteiger partial charge in [-0.2, -0.15) is 0 Å². The van der Waals surface area contributed by atoms with Gasteiger partial charge in [0.2, 0.25) is 5.91 Å². The summed E-state index contributed by atoms with van der Waals surface area (Å²) in [5.41, 5.74) is 0. The van der Waals surface area contributed by atoms with Crippen LogP contribution < -0.4 is 15.4 Å². The number of hydrogen-bond acceptors (Lipinski definition) is 5. The van der Waals surface area contributed by atoms with E-state index in [4.69, 9.17) is 0 Å². The predicted octanol–water partition coefficient (Wildman–Crippen LogP) is -1.15. The minimum atomic E-state index is -3.73. The van der Waals surface area contributed by atoms with Gasteiger partial charge in [0.1, 0.15) is 0 Å². The fourth-order valence-corrected chi connectivity index (χ4v) is 2.25. The lowest BCUT2D eigenvalue weighted by Gasteiger charge is -2.06. The Balaban J connectivity index is 0.00000361. The SMILES string of the molecule is CCNCCNC(=O)CNS(=O)(=O)c1cn(C)cn1.Cl. The molecule has 0 radical (unpaired) electrons. The van der Waals surface area contributed by atoms with Crippen LogP contribution in [0.1, 0.15) is 6.92 Å². The second-order valence-corrected chi connectivity index (χ2v) is 5.62. The molecule has 20 heavy (non-hydrogen) atoms. The number of aryl methyl sites for hydroxylation is 1. The van der Waals surface area contributed by atoms with Crippen molar-refractivity contribution in [1.82, 2.24) is 24.9 Å². The third kappa shape index (κ3) is 6.33. The fraction of sp³-hybridized carbons (Fsp3) is 0.600. The monoisotopic (exact) mass is 325 g/mol. The van der Waals surface area contributed by atoms with Crippen LogP contribution in [0.5, 0.6) is 0 Å². The molecular weight excluding hydrogens is 306 g/mol. The number of likely N-dealkylation sites (N-methyl/N-ethyl adjacent to an activating group) is 1. The average Bonchev–Trinajstić information content (AvgIpc) is 2.80. The summed E-state index contributed by atoms with van der Waals surface area (Å²) in [4.78, 5) is 15.1. The number of sulfonamides is 1. The van der Waals surface area contributed by atoms with E-state index >= 15 is 0 Å². The Morgan fingerprint density at radius 2 is 2.10 bits per heavy atom. The van der Waals surface area contributed by atoms with Crippen LogP contribution >= 0.6 is 12.4 Å². The topological polar surface area (TPSA) is 105 Å². The summed E-state index contributed by atoms with van der Waals surface area (Å²) in [6, 6.07) is 0. The Hall–Kier alpha value is -1.16. The zero-order valence-electron chi connectivity index (χ0n) is 11.4. The number of nitrogens with zero attached hydrogens (tertiary/aromatic N) is 2. The Kier molecular flexibility index (Phi) is 8.39. The molecule has 1 amide bonds. The van der Waals surface area contributed by atoms with Crippen molar-refractivity contribution in [3.05, 3.63) is 12.5 Å². The molecular formula is C10H20ClN5O3S. The number of nitrogens with one attached hydrogen (secondary N) is 3. The highest BCUT2D eigenvalue weighted by Gasteiger charge is 2.17. The molecule has 0 saturated heterocycles. The van der Waals surface area contributed by atoms with Crippen LogP contribution in [-0.4, -0.2) is 50.1 Å². The van der Waals surface area contributed by atoms with Crippen molar-refractivity contribution >= 4 is 28.3 Å². The van der Waals surface area contributed by atoms with Crippen LogP contribution in [0.15, 0.2) is 17.6 Å². The third-order valence-corrected chi connectivity index (χ3v) is 3.54. The lowest BCUT2D eigenvalue weighted by molar-refractivity contribution is -0.119. The summed E-state index contributed by atoms with van der Waals surface area (Å²) < 4.78 is 27.2. The van der Waals surface area contributed by atoms with E-state index in [2.05, 4.69) is 20.3 Å². The molecule has 1 aromatic heterocycles. The Morgan fingerprint density at radius 1 is 1.40 bits per heavy atom. The van der Waals surface area contributed by atoms with Crippen molar-refractivity contribution < 1.29 is 13.2 Å². The number of amides is 1. The number of rotatable bonds is 8. The van der Waals surface area contributed by atoms with E-state index in [0.29, 0.717) is 13.1 Å². The smallest absolute Gasteiger partial charge is 0.260 e. The molecule has 0 saturated carbocycles. The third-order valence-electron chi connectivity index (χ3n) is 2.25. The summed E-state index contributed by atoms with van der Waals surface area (Å²) >= 11 is 0. The highest BCUT2D eigenvalue weighted by molar-refractivity contribution is 7.89. The number of halogens is 1. The fourth-order valence-electron chi connectivity index (χ4n) is 1.29. The minimum Gasteiger partial charge on any atom is -0.354 e. The Morgan fingerprint density at radius 3 is 2.65 bits per heavy atom. The normalized spacial score (nSPS) is 10.9. The molecule has 0 spiro atoms. The number of imidazole rings is 1. The van der Waals surface area contributed by atoms with E-state index < -0.39 is 10.0 Å². The quantitative estimate of drug-likeness (QED) is 0.523. The van der Waals surface area contributed by atoms with E-state index in [1.807, 2.05) is 6.92 Å². The lowest BCUT2D eigenvalue weighted by atomic mass is 10.5. The zero-order valence-corrected chi connectivity index (χ0v) is 13.1. The van der Waals surface area contributed by atoms with Gasteiger partial charge in [-0.15, -0.1) is 12.4 Å². The van der Waals surface area contributed by atoms with Gasteiger partial charge in [-0.3, -0.25) is 4.79 Å². The maximum absolute atomic E-state index is 11.7. The van der Waals surface area contributed by atoms with Gasteiger partial charge in [-0.25, -0.2) is 18.1 Å².